The van der Waals surface area contributed by atoms with E-state index >= 15 is 0 Å². The molecule has 0 saturated heterocycles. The Morgan fingerprint density at radius 3 is 2.42 bits per heavy atom. The fourth-order valence-corrected chi connectivity index (χ4v) is 5.05. The zero-order chi connectivity index (χ0) is 22.7. The molecular formula is C23H29NO6S. The van der Waals surface area contributed by atoms with E-state index in [0.29, 0.717) is 30.2 Å². The molecule has 1 amide bonds. The van der Waals surface area contributed by atoms with Crippen LogP contribution >= 0.6 is 11.3 Å². The number of methoxy groups -OCH3 is 1. The Balaban J connectivity index is 2.00. The summed E-state index contributed by atoms with van der Waals surface area (Å²) in [4.78, 5) is 27.1. The Hall–Kier alpha value is -2.58. The summed E-state index contributed by atoms with van der Waals surface area (Å²) in [5.74, 6) is 0.367. The molecule has 0 bridgehead atoms. The van der Waals surface area contributed by atoms with Crippen molar-refractivity contribution < 1.29 is 29.3 Å². The Morgan fingerprint density at radius 1 is 1.19 bits per heavy atom. The van der Waals surface area contributed by atoms with Crippen LogP contribution in [0.4, 0.5) is 10.5 Å². The molecule has 31 heavy (non-hydrogen) atoms. The molecule has 3 atom stereocenters. The summed E-state index contributed by atoms with van der Waals surface area (Å²) in [6, 6.07) is 8.91. The average molecular weight is 448 g/mol. The number of thiophene rings is 1. The number of carboxylic acid groups (broad SMARTS) is 1. The van der Waals surface area contributed by atoms with Crippen molar-refractivity contribution in [3.05, 3.63) is 30.3 Å². The first-order chi connectivity index (χ1) is 14.7. The first-order valence-electron chi connectivity index (χ1n) is 10.4. The number of benzene rings is 1. The number of aliphatic hydroxyl groups excluding tert-OH is 1. The highest BCUT2D eigenvalue weighted by atomic mass is 32.1. The monoisotopic (exact) mass is 447 g/mol. The second kappa shape index (κ2) is 9.70. The summed E-state index contributed by atoms with van der Waals surface area (Å²) in [5, 5.41) is 19.9. The van der Waals surface area contributed by atoms with Gasteiger partial charge in [0, 0.05) is 10.9 Å². The lowest BCUT2D eigenvalue weighted by molar-refractivity contribution is -0.128. The number of carbonyl (C=O) groups is 2. The number of aliphatic hydroxyl groups is 1. The number of carbonyl (C=O) groups excluding carboxylic acids is 1. The van der Waals surface area contributed by atoms with E-state index in [1.54, 1.807) is 18.1 Å². The molecule has 1 saturated carbocycles. The van der Waals surface area contributed by atoms with E-state index in [1.165, 1.54) is 11.3 Å². The molecule has 1 fully saturated rings. The topological polar surface area (TPSA) is 96.3 Å². The van der Waals surface area contributed by atoms with E-state index < -0.39 is 18.2 Å². The van der Waals surface area contributed by atoms with E-state index in [2.05, 4.69) is 6.92 Å². The molecule has 168 valence electrons. The molecule has 2 aromatic rings. The third kappa shape index (κ3) is 5.19. The van der Waals surface area contributed by atoms with Crippen LogP contribution in [0.3, 0.4) is 0 Å². The smallest absolute Gasteiger partial charge is 0.497 e. The number of ether oxygens (including phenoxy) is 2. The first-order valence-corrected chi connectivity index (χ1v) is 11.2. The molecule has 0 aliphatic heterocycles. The van der Waals surface area contributed by atoms with Crippen LogP contribution in [0.5, 0.6) is 10.8 Å². The molecule has 1 aliphatic carbocycles. The Morgan fingerprint density at radius 2 is 1.87 bits per heavy atom. The Bertz CT molecular complexity index is 923. The van der Waals surface area contributed by atoms with E-state index in [-0.39, 0.29) is 17.0 Å². The summed E-state index contributed by atoms with van der Waals surface area (Å²) in [6.45, 7) is 5.80. The van der Waals surface area contributed by atoms with Gasteiger partial charge in [0.05, 0.1) is 24.8 Å². The van der Waals surface area contributed by atoms with Gasteiger partial charge in [-0.1, -0.05) is 18.3 Å². The molecule has 3 rings (SSSR count). The average Bonchev–Trinajstić information content (AvgIpc) is 3.10. The van der Waals surface area contributed by atoms with Crippen LogP contribution < -0.4 is 14.4 Å². The standard InChI is InChI=1S/C23H29NO6S/c1-13(2)24(21(26)17-10-5-14(3)11-19(17)25)18-12-20(31-22(18)30-23(27)28)15-6-8-16(29-4)9-7-15/h6-9,12-14,17,19,25H,5,10-11H2,1-4H3,(H,27,28). The highest BCUT2D eigenvalue weighted by molar-refractivity contribution is 7.18. The van der Waals surface area contributed by atoms with Gasteiger partial charge in [-0.25, -0.2) is 4.79 Å². The molecule has 3 unspecified atom stereocenters. The summed E-state index contributed by atoms with van der Waals surface area (Å²) in [7, 11) is 1.59. The van der Waals surface area contributed by atoms with Crippen LogP contribution in [0.1, 0.15) is 40.0 Å². The predicted octanol–water partition coefficient (Wildman–Crippen LogP) is 5.02. The van der Waals surface area contributed by atoms with Crippen LogP contribution in [-0.4, -0.2) is 41.5 Å². The van der Waals surface area contributed by atoms with Crippen molar-refractivity contribution in [3.8, 4) is 21.3 Å². The van der Waals surface area contributed by atoms with Crippen molar-refractivity contribution in [3.63, 3.8) is 0 Å². The van der Waals surface area contributed by atoms with Gasteiger partial charge in [0.1, 0.15) is 5.75 Å². The molecular weight excluding hydrogens is 418 g/mol. The van der Waals surface area contributed by atoms with E-state index in [4.69, 9.17) is 9.47 Å². The normalized spacial score (nSPS) is 21.0. The van der Waals surface area contributed by atoms with E-state index in [9.17, 15) is 19.8 Å². The first kappa shape index (κ1) is 23.1. The molecule has 1 aliphatic rings. The lowest BCUT2D eigenvalue weighted by Crippen LogP contribution is -2.46. The van der Waals surface area contributed by atoms with Gasteiger partial charge in [-0.05, 0) is 74.9 Å². The predicted molar refractivity (Wildman–Crippen MR) is 120 cm³/mol. The van der Waals surface area contributed by atoms with Crippen LogP contribution in [0.25, 0.3) is 10.4 Å². The van der Waals surface area contributed by atoms with Crippen LogP contribution in [0, 0.1) is 11.8 Å². The van der Waals surface area contributed by atoms with Gasteiger partial charge >= 0.3 is 6.16 Å². The molecule has 7 nitrogen and oxygen atoms in total. The lowest BCUT2D eigenvalue weighted by atomic mass is 9.80. The van der Waals surface area contributed by atoms with Crippen molar-refractivity contribution in [2.75, 3.05) is 12.0 Å². The van der Waals surface area contributed by atoms with Crippen molar-refractivity contribution in [2.45, 2.75) is 52.2 Å². The van der Waals surface area contributed by atoms with Crippen LogP contribution in [0.2, 0.25) is 0 Å². The number of amides is 1. The molecule has 1 heterocycles. The minimum atomic E-state index is -1.44. The summed E-state index contributed by atoms with van der Waals surface area (Å²) >= 11 is 1.17. The van der Waals surface area contributed by atoms with Crippen molar-refractivity contribution >= 4 is 29.1 Å². The Labute approximate surface area is 186 Å². The maximum Gasteiger partial charge on any atom is 0.512 e. The molecule has 8 heteroatoms. The van der Waals surface area contributed by atoms with Gasteiger partial charge in [0.15, 0.2) is 0 Å². The highest BCUT2D eigenvalue weighted by Gasteiger charge is 2.37. The van der Waals surface area contributed by atoms with E-state index in [0.717, 1.165) is 16.9 Å². The molecule has 2 N–H and O–H groups in total. The highest BCUT2D eigenvalue weighted by Crippen LogP contribution is 2.45. The summed E-state index contributed by atoms with van der Waals surface area (Å²) in [5.41, 5.74) is 1.26. The van der Waals surface area contributed by atoms with Crippen LogP contribution in [0.15, 0.2) is 30.3 Å². The third-order valence-electron chi connectivity index (χ3n) is 5.64. The van der Waals surface area contributed by atoms with Crippen LogP contribution in [-0.2, 0) is 4.79 Å². The number of nitrogens with zero attached hydrogens (tertiary/aromatic N) is 1. The zero-order valence-corrected chi connectivity index (χ0v) is 19.0. The van der Waals surface area contributed by atoms with E-state index in [1.807, 2.05) is 38.1 Å². The van der Waals surface area contributed by atoms with Gasteiger partial charge in [-0.2, -0.15) is 0 Å². The minimum absolute atomic E-state index is 0.138. The second-order valence-corrected chi connectivity index (χ2v) is 9.29. The minimum Gasteiger partial charge on any atom is -0.497 e. The maximum atomic E-state index is 13.5. The maximum absolute atomic E-state index is 13.5. The second-order valence-electron chi connectivity index (χ2n) is 8.27. The largest absolute Gasteiger partial charge is 0.512 e. The van der Waals surface area contributed by atoms with Crippen molar-refractivity contribution in [1.82, 2.24) is 0 Å². The zero-order valence-electron chi connectivity index (χ0n) is 18.2. The fraction of sp³-hybridized carbons (Fsp3) is 0.478. The number of hydrogen-bond donors (Lipinski definition) is 2. The number of anilines is 1. The summed E-state index contributed by atoms with van der Waals surface area (Å²) in [6.07, 6.45) is -0.0806. The van der Waals surface area contributed by atoms with Gasteiger partial charge in [0.25, 0.3) is 0 Å². The third-order valence-corrected chi connectivity index (χ3v) is 6.69. The lowest BCUT2D eigenvalue weighted by Gasteiger charge is -2.36. The van der Waals surface area contributed by atoms with Gasteiger partial charge in [-0.3, -0.25) is 4.79 Å². The SMILES string of the molecule is COc1ccc(-c2cc(N(C(=O)C3CCC(C)CC3O)C(C)C)c(OC(=O)O)s2)cc1. The molecule has 1 aromatic heterocycles. The number of hydrogen-bond acceptors (Lipinski definition) is 6. The summed E-state index contributed by atoms with van der Waals surface area (Å²) < 4.78 is 10.3. The van der Waals surface area contributed by atoms with Gasteiger partial charge in [0.2, 0.25) is 11.0 Å². The fourth-order valence-electron chi connectivity index (χ4n) is 4.05. The number of rotatable bonds is 6. The quantitative estimate of drug-likeness (QED) is 0.604. The molecule has 1 aromatic carbocycles. The van der Waals surface area contributed by atoms with Gasteiger partial charge in [-0.15, -0.1) is 0 Å². The van der Waals surface area contributed by atoms with Crippen molar-refractivity contribution in [2.24, 2.45) is 11.8 Å². The molecule has 0 spiro atoms. The van der Waals surface area contributed by atoms with Crippen molar-refractivity contribution in [1.29, 1.82) is 0 Å². The van der Waals surface area contributed by atoms with Gasteiger partial charge < -0.3 is 24.6 Å². The Kier molecular flexibility index (Phi) is 7.23. The molecule has 0 radical (unpaired) electrons.